The van der Waals surface area contributed by atoms with Gasteiger partial charge in [0.1, 0.15) is 5.75 Å². The van der Waals surface area contributed by atoms with E-state index < -0.39 is 0 Å². The summed E-state index contributed by atoms with van der Waals surface area (Å²) in [4.78, 5) is 13.9. The van der Waals surface area contributed by atoms with Crippen molar-refractivity contribution in [2.75, 3.05) is 14.2 Å². The van der Waals surface area contributed by atoms with Crippen LogP contribution in [-0.2, 0) is 17.9 Å². The Labute approximate surface area is 135 Å². The summed E-state index contributed by atoms with van der Waals surface area (Å²) >= 11 is 6.01. The lowest BCUT2D eigenvalue weighted by molar-refractivity contribution is -0.130. The van der Waals surface area contributed by atoms with Crippen molar-refractivity contribution < 1.29 is 9.53 Å². The lowest BCUT2D eigenvalue weighted by Gasteiger charge is -2.19. The highest BCUT2D eigenvalue weighted by atomic mass is 35.5. The van der Waals surface area contributed by atoms with Crippen LogP contribution in [0.4, 0.5) is 0 Å². The predicted octanol–water partition coefficient (Wildman–Crippen LogP) is 2.98. The number of ether oxygens (including phenoxy) is 1. The van der Waals surface area contributed by atoms with Crippen LogP contribution in [0.5, 0.6) is 5.75 Å². The van der Waals surface area contributed by atoms with E-state index in [1.807, 2.05) is 29.1 Å². The van der Waals surface area contributed by atoms with Crippen molar-refractivity contribution in [3.8, 4) is 5.75 Å². The van der Waals surface area contributed by atoms with Crippen LogP contribution in [0.3, 0.4) is 0 Å². The molecule has 1 amide bonds. The monoisotopic (exact) mass is 321 g/mol. The molecule has 0 aliphatic rings. The number of nitrogens with zero attached hydrogens (tertiary/aromatic N) is 3. The summed E-state index contributed by atoms with van der Waals surface area (Å²) in [6.07, 6.45) is 4.88. The van der Waals surface area contributed by atoms with E-state index in [0.717, 1.165) is 24.3 Å². The smallest absolute Gasteiger partial charge is 0.222 e. The Hall–Kier alpha value is -2.01. The van der Waals surface area contributed by atoms with Crippen LogP contribution in [0.15, 0.2) is 36.7 Å². The van der Waals surface area contributed by atoms with E-state index in [1.54, 1.807) is 31.3 Å². The van der Waals surface area contributed by atoms with E-state index in [1.165, 1.54) is 0 Å². The lowest BCUT2D eigenvalue weighted by Crippen LogP contribution is -2.26. The van der Waals surface area contributed by atoms with Gasteiger partial charge in [-0.25, -0.2) is 0 Å². The Balaban J connectivity index is 1.87. The van der Waals surface area contributed by atoms with E-state index in [-0.39, 0.29) is 5.91 Å². The number of benzene rings is 1. The van der Waals surface area contributed by atoms with E-state index in [2.05, 4.69) is 5.10 Å². The van der Waals surface area contributed by atoms with E-state index >= 15 is 0 Å². The summed E-state index contributed by atoms with van der Waals surface area (Å²) in [6, 6.07) is 7.29. The van der Waals surface area contributed by atoms with Gasteiger partial charge in [-0.1, -0.05) is 11.6 Å². The first kappa shape index (κ1) is 16.4. The fourth-order valence-electron chi connectivity index (χ4n) is 2.23. The van der Waals surface area contributed by atoms with Crippen molar-refractivity contribution in [1.82, 2.24) is 14.7 Å². The second-order valence-electron chi connectivity index (χ2n) is 5.08. The van der Waals surface area contributed by atoms with Crippen LogP contribution in [0.25, 0.3) is 0 Å². The van der Waals surface area contributed by atoms with Gasteiger partial charge in [0.05, 0.1) is 7.11 Å². The van der Waals surface area contributed by atoms with Crippen LogP contribution in [-0.4, -0.2) is 34.7 Å². The first-order valence-electron chi connectivity index (χ1n) is 7.14. The summed E-state index contributed by atoms with van der Waals surface area (Å²) in [7, 11) is 3.40. The third kappa shape index (κ3) is 4.49. The number of aryl methyl sites for hydroxylation is 1. The number of hydrogen-bond acceptors (Lipinski definition) is 3. The average Bonchev–Trinajstić information content (AvgIpc) is 3.00. The van der Waals surface area contributed by atoms with Crippen molar-refractivity contribution in [1.29, 1.82) is 0 Å². The second-order valence-corrected chi connectivity index (χ2v) is 5.52. The Morgan fingerprint density at radius 3 is 2.95 bits per heavy atom. The highest BCUT2D eigenvalue weighted by molar-refractivity contribution is 6.30. The van der Waals surface area contributed by atoms with Crippen LogP contribution in [0, 0.1) is 0 Å². The first-order valence-corrected chi connectivity index (χ1v) is 7.51. The molecule has 0 saturated heterocycles. The van der Waals surface area contributed by atoms with Crippen LogP contribution >= 0.6 is 11.6 Å². The first-order chi connectivity index (χ1) is 10.6. The average molecular weight is 322 g/mol. The van der Waals surface area contributed by atoms with Crippen LogP contribution in [0.1, 0.15) is 18.4 Å². The highest BCUT2D eigenvalue weighted by Gasteiger charge is 2.12. The van der Waals surface area contributed by atoms with Gasteiger partial charge in [-0.05, 0) is 30.7 Å². The Bertz CT molecular complexity index is 614. The molecule has 1 aromatic heterocycles. The molecule has 0 spiro atoms. The van der Waals surface area contributed by atoms with Gasteiger partial charge in [0.2, 0.25) is 5.91 Å². The van der Waals surface area contributed by atoms with E-state index in [0.29, 0.717) is 18.0 Å². The molecular formula is C16H20ClN3O2. The molecule has 0 atom stereocenters. The van der Waals surface area contributed by atoms with Crippen molar-refractivity contribution in [3.05, 3.63) is 47.2 Å². The quantitative estimate of drug-likeness (QED) is 0.787. The number of aromatic nitrogens is 2. The van der Waals surface area contributed by atoms with Gasteiger partial charge < -0.3 is 9.64 Å². The minimum absolute atomic E-state index is 0.0918. The molecule has 22 heavy (non-hydrogen) atoms. The summed E-state index contributed by atoms with van der Waals surface area (Å²) in [5, 5.41) is 4.75. The number of carbonyl (C=O) groups excluding carboxylic acids is 1. The SMILES string of the molecule is COc1ccc(Cl)cc1CN(C)C(=O)CCCn1cccn1. The second kappa shape index (κ2) is 7.84. The van der Waals surface area contributed by atoms with Crippen LogP contribution < -0.4 is 4.74 Å². The summed E-state index contributed by atoms with van der Waals surface area (Å²) in [5.41, 5.74) is 0.901. The van der Waals surface area contributed by atoms with Gasteiger partial charge >= 0.3 is 0 Å². The number of hydrogen-bond donors (Lipinski definition) is 0. The molecule has 0 aliphatic heterocycles. The molecule has 2 aromatic rings. The molecule has 0 N–H and O–H groups in total. The molecule has 0 radical (unpaired) electrons. The van der Waals surface area contributed by atoms with Crippen molar-refractivity contribution in [3.63, 3.8) is 0 Å². The zero-order chi connectivity index (χ0) is 15.9. The third-order valence-electron chi connectivity index (χ3n) is 3.41. The summed E-state index contributed by atoms with van der Waals surface area (Å²) in [5.74, 6) is 0.828. The number of amides is 1. The number of carbonyl (C=O) groups is 1. The predicted molar refractivity (Wildman–Crippen MR) is 85.9 cm³/mol. The van der Waals surface area contributed by atoms with Gasteiger partial charge in [-0.15, -0.1) is 0 Å². The minimum Gasteiger partial charge on any atom is -0.496 e. The number of halogens is 1. The molecule has 1 heterocycles. The molecule has 5 nitrogen and oxygen atoms in total. The minimum atomic E-state index is 0.0918. The maximum absolute atomic E-state index is 12.2. The number of rotatable bonds is 7. The molecule has 0 fully saturated rings. The fourth-order valence-corrected chi connectivity index (χ4v) is 2.42. The molecule has 6 heteroatoms. The topological polar surface area (TPSA) is 47.4 Å². The molecule has 1 aromatic carbocycles. The van der Waals surface area contributed by atoms with Crippen molar-refractivity contribution >= 4 is 17.5 Å². The van der Waals surface area contributed by atoms with Crippen LogP contribution in [0.2, 0.25) is 5.02 Å². The normalized spacial score (nSPS) is 10.5. The number of methoxy groups -OCH3 is 1. The summed E-state index contributed by atoms with van der Waals surface area (Å²) < 4.78 is 7.13. The van der Waals surface area contributed by atoms with Crippen molar-refractivity contribution in [2.24, 2.45) is 0 Å². The Morgan fingerprint density at radius 2 is 2.27 bits per heavy atom. The maximum atomic E-state index is 12.2. The molecule has 0 aliphatic carbocycles. The molecule has 2 rings (SSSR count). The van der Waals surface area contributed by atoms with Gasteiger partial charge in [-0.3, -0.25) is 9.48 Å². The van der Waals surface area contributed by atoms with E-state index in [4.69, 9.17) is 16.3 Å². The van der Waals surface area contributed by atoms with Gasteiger partial charge in [-0.2, -0.15) is 5.10 Å². The summed E-state index contributed by atoms with van der Waals surface area (Å²) in [6.45, 7) is 1.22. The van der Waals surface area contributed by atoms with Crippen molar-refractivity contribution in [2.45, 2.75) is 25.9 Å². The molecule has 0 bridgehead atoms. The largest absolute Gasteiger partial charge is 0.496 e. The molecular weight excluding hydrogens is 302 g/mol. The zero-order valence-electron chi connectivity index (χ0n) is 12.8. The maximum Gasteiger partial charge on any atom is 0.222 e. The Kier molecular flexibility index (Phi) is 5.83. The molecule has 118 valence electrons. The Morgan fingerprint density at radius 1 is 1.45 bits per heavy atom. The van der Waals surface area contributed by atoms with Gasteiger partial charge in [0, 0.05) is 49.5 Å². The lowest BCUT2D eigenvalue weighted by atomic mass is 10.2. The van der Waals surface area contributed by atoms with E-state index in [9.17, 15) is 4.79 Å². The third-order valence-corrected chi connectivity index (χ3v) is 3.65. The molecule has 0 saturated carbocycles. The van der Waals surface area contributed by atoms with Gasteiger partial charge in [0.25, 0.3) is 0 Å². The molecule has 0 unspecified atom stereocenters. The highest BCUT2D eigenvalue weighted by Crippen LogP contribution is 2.23. The standard InChI is InChI=1S/C16H20ClN3O2/c1-19(12-13-11-14(17)6-7-15(13)22-2)16(21)5-3-9-20-10-4-8-18-20/h4,6-8,10-11H,3,5,9,12H2,1-2H3. The zero-order valence-corrected chi connectivity index (χ0v) is 13.6. The fraction of sp³-hybridized carbons (Fsp3) is 0.375. The van der Waals surface area contributed by atoms with Gasteiger partial charge in [0.15, 0.2) is 0 Å².